The van der Waals surface area contributed by atoms with Gasteiger partial charge >= 0.3 is 0 Å². The molecule has 0 atom stereocenters. The quantitative estimate of drug-likeness (QED) is 0.597. The lowest BCUT2D eigenvalue weighted by molar-refractivity contribution is -0.106. The Balaban J connectivity index is 2.85. The zero-order valence-electron chi connectivity index (χ0n) is 7.23. The first-order valence-corrected chi connectivity index (χ1v) is 5.45. The fraction of sp³-hybridized carbons (Fsp3) is 0.100. The molecule has 0 aromatic heterocycles. The number of hydrogen-bond donors (Lipinski definition) is 1. The van der Waals surface area contributed by atoms with Crippen LogP contribution in [0.25, 0.3) is 4.91 Å². The summed E-state index contributed by atoms with van der Waals surface area (Å²) in [4.78, 5) is 11.7. The Bertz CT molecular complexity index is 317. The molecule has 0 radical (unpaired) electrons. The van der Waals surface area contributed by atoms with Gasteiger partial charge < -0.3 is 0 Å². The second-order valence-corrected chi connectivity index (χ2v) is 3.71. The summed E-state index contributed by atoms with van der Waals surface area (Å²) >= 11 is 5.42. The van der Waals surface area contributed by atoms with Crippen LogP contribution in [0, 0.1) is 0 Å². The molecule has 1 nitrogen and oxygen atoms in total. The van der Waals surface area contributed by atoms with E-state index in [0.717, 1.165) is 5.56 Å². The van der Waals surface area contributed by atoms with Crippen LogP contribution in [0.15, 0.2) is 36.4 Å². The first-order valence-electron chi connectivity index (χ1n) is 3.78. The molecule has 0 amide bonds. The van der Waals surface area contributed by atoms with Crippen molar-refractivity contribution in [3.8, 4) is 0 Å². The molecule has 0 spiro atoms. The van der Waals surface area contributed by atoms with Crippen molar-refractivity contribution >= 4 is 34.4 Å². The molecule has 1 rings (SSSR count). The van der Waals surface area contributed by atoms with E-state index in [9.17, 15) is 4.79 Å². The first kappa shape index (κ1) is 10.4. The molecule has 3 heteroatoms. The maximum atomic E-state index is 11.0. The van der Waals surface area contributed by atoms with Crippen LogP contribution in [0.3, 0.4) is 0 Å². The summed E-state index contributed by atoms with van der Waals surface area (Å²) in [6.45, 7) is 0. The normalized spacial score (nSPS) is 11.4. The lowest BCUT2D eigenvalue weighted by atomic mass is 10.2. The zero-order chi connectivity index (χ0) is 9.68. The van der Waals surface area contributed by atoms with Crippen LogP contribution in [0.4, 0.5) is 0 Å². The third-order valence-corrected chi connectivity index (χ3v) is 2.43. The van der Waals surface area contributed by atoms with E-state index >= 15 is 0 Å². The molecule has 0 bridgehead atoms. The molecule has 0 saturated heterocycles. The van der Waals surface area contributed by atoms with Crippen molar-refractivity contribution in [1.29, 1.82) is 0 Å². The van der Waals surface area contributed by atoms with E-state index in [1.165, 1.54) is 17.8 Å². The van der Waals surface area contributed by atoms with Crippen LogP contribution in [-0.4, -0.2) is 11.4 Å². The molecular formula is C10H10OS2. The molecular weight excluding hydrogens is 200 g/mol. The van der Waals surface area contributed by atoms with Gasteiger partial charge in [0.15, 0.2) is 0 Å². The Morgan fingerprint density at radius 2 is 2.00 bits per heavy atom. The van der Waals surface area contributed by atoms with Crippen LogP contribution in [-0.2, 0) is 4.79 Å². The molecule has 1 aromatic carbocycles. The minimum atomic E-state index is 0.0221. The molecule has 0 aliphatic rings. The van der Waals surface area contributed by atoms with Gasteiger partial charge in [0.2, 0.25) is 5.12 Å². The number of rotatable bonds is 2. The van der Waals surface area contributed by atoms with Crippen molar-refractivity contribution in [2.45, 2.75) is 0 Å². The van der Waals surface area contributed by atoms with Gasteiger partial charge in [-0.15, -0.1) is 12.6 Å². The Kier molecular flexibility index (Phi) is 4.12. The van der Waals surface area contributed by atoms with Crippen molar-refractivity contribution in [2.24, 2.45) is 0 Å². The van der Waals surface area contributed by atoms with Gasteiger partial charge in [-0.3, -0.25) is 4.79 Å². The number of thioether (sulfide) groups is 1. The van der Waals surface area contributed by atoms with Gasteiger partial charge in [0, 0.05) is 11.0 Å². The second kappa shape index (κ2) is 5.14. The van der Waals surface area contributed by atoms with Crippen LogP contribution in [0.1, 0.15) is 5.56 Å². The lowest BCUT2D eigenvalue weighted by Crippen LogP contribution is -1.84. The van der Waals surface area contributed by atoms with E-state index in [2.05, 4.69) is 12.6 Å². The van der Waals surface area contributed by atoms with Gasteiger partial charge in [0.05, 0.1) is 0 Å². The van der Waals surface area contributed by atoms with Gasteiger partial charge in [-0.1, -0.05) is 42.1 Å². The molecule has 0 saturated carbocycles. The fourth-order valence-corrected chi connectivity index (χ4v) is 1.45. The minimum absolute atomic E-state index is 0.0221. The van der Waals surface area contributed by atoms with Crippen molar-refractivity contribution in [2.75, 3.05) is 6.26 Å². The molecule has 0 N–H and O–H groups in total. The van der Waals surface area contributed by atoms with Gasteiger partial charge in [0.1, 0.15) is 0 Å². The monoisotopic (exact) mass is 210 g/mol. The zero-order valence-corrected chi connectivity index (χ0v) is 8.94. The molecule has 1 aromatic rings. The molecule has 0 aliphatic carbocycles. The molecule has 0 unspecified atom stereocenters. The molecule has 0 heterocycles. The van der Waals surface area contributed by atoms with Crippen molar-refractivity contribution in [3.63, 3.8) is 0 Å². The summed E-state index contributed by atoms with van der Waals surface area (Å²) < 4.78 is 0. The van der Waals surface area contributed by atoms with Crippen molar-refractivity contribution in [1.82, 2.24) is 0 Å². The van der Waals surface area contributed by atoms with E-state index in [4.69, 9.17) is 0 Å². The van der Waals surface area contributed by atoms with Crippen molar-refractivity contribution < 1.29 is 4.79 Å². The minimum Gasteiger partial charge on any atom is -0.282 e. The maximum Gasteiger partial charge on any atom is 0.213 e. The number of thiol groups is 1. The molecule has 13 heavy (non-hydrogen) atoms. The van der Waals surface area contributed by atoms with Crippen LogP contribution in [0.5, 0.6) is 0 Å². The van der Waals surface area contributed by atoms with E-state index in [1.807, 2.05) is 30.3 Å². The van der Waals surface area contributed by atoms with Crippen molar-refractivity contribution in [3.05, 3.63) is 42.0 Å². The summed E-state index contributed by atoms with van der Waals surface area (Å²) in [5, 5.41) is 0.0221. The standard InChI is InChI=1S/C10H10OS2/c1-13-10(11)7-9(12)8-5-3-2-4-6-8/h2-7,12H,1H3/b9-7-. The van der Waals surface area contributed by atoms with Gasteiger partial charge in [-0.25, -0.2) is 0 Å². The largest absolute Gasteiger partial charge is 0.282 e. The predicted molar refractivity (Wildman–Crippen MR) is 61.9 cm³/mol. The third kappa shape index (κ3) is 3.28. The van der Waals surface area contributed by atoms with Gasteiger partial charge in [-0.05, 0) is 11.8 Å². The highest BCUT2D eigenvalue weighted by atomic mass is 32.2. The average Bonchev–Trinajstić information content (AvgIpc) is 2.19. The van der Waals surface area contributed by atoms with E-state index in [0.29, 0.717) is 4.91 Å². The highest BCUT2D eigenvalue weighted by Gasteiger charge is 1.98. The van der Waals surface area contributed by atoms with Crippen LogP contribution < -0.4 is 0 Å². The molecule has 0 aliphatic heterocycles. The smallest absolute Gasteiger partial charge is 0.213 e. The number of hydrogen-bond acceptors (Lipinski definition) is 3. The third-order valence-electron chi connectivity index (χ3n) is 1.53. The number of carbonyl (C=O) groups is 1. The van der Waals surface area contributed by atoms with E-state index in [1.54, 1.807) is 6.26 Å². The van der Waals surface area contributed by atoms with Gasteiger partial charge in [0.25, 0.3) is 0 Å². The molecule has 68 valence electrons. The van der Waals surface area contributed by atoms with E-state index in [-0.39, 0.29) is 5.12 Å². The summed E-state index contributed by atoms with van der Waals surface area (Å²) in [6.07, 6.45) is 3.29. The highest BCUT2D eigenvalue weighted by molar-refractivity contribution is 8.13. The summed E-state index contributed by atoms with van der Waals surface area (Å²) in [6, 6.07) is 9.62. The Morgan fingerprint density at radius 3 is 2.54 bits per heavy atom. The Hall–Kier alpha value is -0.670. The second-order valence-electron chi connectivity index (χ2n) is 2.42. The first-order chi connectivity index (χ1) is 6.24. The topological polar surface area (TPSA) is 17.1 Å². The average molecular weight is 210 g/mol. The summed E-state index contributed by atoms with van der Waals surface area (Å²) in [7, 11) is 0. The fourth-order valence-electron chi connectivity index (χ4n) is 0.863. The molecule has 0 fully saturated rings. The predicted octanol–water partition coefficient (Wildman–Crippen LogP) is 2.85. The van der Waals surface area contributed by atoms with Crippen LogP contribution in [0.2, 0.25) is 0 Å². The lowest BCUT2D eigenvalue weighted by Gasteiger charge is -1.98. The summed E-state index contributed by atoms with van der Waals surface area (Å²) in [5.74, 6) is 0. The van der Waals surface area contributed by atoms with E-state index < -0.39 is 0 Å². The highest BCUT2D eigenvalue weighted by Crippen LogP contribution is 2.18. The maximum absolute atomic E-state index is 11.0. The SMILES string of the molecule is CSC(=O)/C=C(\S)c1ccccc1. The number of carbonyl (C=O) groups excluding carboxylic acids is 1. The van der Waals surface area contributed by atoms with Gasteiger partial charge in [-0.2, -0.15) is 0 Å². The number of benzene rings is 1. The van der Waals surface area contributed by atoms with Crippen LogP contribution >= 0.6 is 24.4 Å². The Morgan fingerprint density at radius 1 is 1.38 bits per heavy atom. The summed E-state index contributed by atoms with van der Waals surface area (Å²) in [5.41, 5.74) is 0.966. The Labute approximate surface area is 87.6 Å².